The zero-order chi connectivity index (χ0) is 23.5. The maximum atomic E-state index is 12.0. The number of fused-ring (bicyclic) bond motifs is 2. The summed E-state index contributed by atoms with van der Waals surface area (Å²) < 4.78 is 6.59. The molecule has 0 radical (unpaired) electrons. The number of amides is 1. The number of carboxylic acid groups (broad SMARTS) is 1. The highest BCUT2D eigenvalue weighted by Gasteiger charge is 2.57. The number of benzene rings is 1. The van der Waals surface area contributed by atoms with Crippen LogP contribution in [0.3, 0.4) is 0 Å². The molecule has 2 saturated heterocycles. The molecule has 0 aliphatic carbocycles. The number of carboxylic acids is 1. The molecule has 8 heteroatoms. The molecular formula is C24H36N2O6. The monoisotopic (exact) mass is 448 g/mol. The van der Waals surface area contributed by atoms with Crippen molar-refractivity contribution in [3.05, 3.63) is 35.9 Å². The number of aliphatic hydroxyl groups excluding tert-OH is 2. The molecule has 2 aliphatic heterocycles. The fraction of sp³-hybridized carbons (Fsp3) is 0.667. The van der Waals surface area contributed by atoms with E-state index in [1.165, 1.54) is 0 Å². The van der Waals surface area contributed by atoms with Crippen LogP contribution in [0.15, 0.2) is 30.3 Å². The van der Waals surface area contributed by atoms with Gasteiger partial charge in [0.2, 0.25) is 5.91 Å². The predicted octanol–water partition coefficient (Wildman–Crippen LogP) is 1.50. The van der Waals surface area contributed by atoms with Crippen LogP contribution in [0.4, 0.5) is 0 Å². The van der Waals surface area contributed by atoms with Gasteiger partial charge in [0, 0.05) is 19.0 Å². The number of aliphatic carboxylic acids is 1. The van der Waals surface area contributed by atoms with Gasteiger partial charge in [-0.05, 0) is 58.2 Å². The lowest BCUT2D eigenvalue weighted by Gasteiger charge is -2.52. The van der Waals surface area contributed by atoms with Crippen molar-refractivity contribution < 1.29 is 29.6 Å². The first-order valence-corrected chi connectivity index (χ1v) is 11.3. The van der Waals surface area contributed by atoms with E-state index in [9.17, 15) is 19.8 Å². The van der Waals surface area contributed by atoms with E-state index in [1.807, 2.05) is 44.1 Å². The van der Waals surface area contributed by atoms with E-state index in [0.29, 0.717) is 25.7 Å². The van der Waals surface area contributed by atoms with Crippen molar-refractivity contribution in [1.82, 2.24) is 10.2 Å². The lowest BCUT2D eigenvalue weighted by atomic mass is 9.72. The second-order valence-corrected chi connectivity index (χ2v) is 9.72. The van der Waals surface area contributed by atoms with Gasteiger partial charge in [-0.25, -0.2) is 0 Å². The topological polar surface area (TPSA) is 119 Å². The summed E-state index contributed by atoms with van der Waals surface area (Å²) in [5.74, 6) is -1.37. The zero-order valence-electron chi connectivity index (χ0n) is 19.2. The Morgan fingerprint density at radius 3 is 2.53 bits per heavy atom. The molecule has 1 aromatic carbocycles. The van der Waals surface area contributed by atoms with Crippen molar-refractivity contribution in [3.8, 4) is 0 Å². The summed E-state index contributed by atoms with van der Waals surface area (Å²) in [5.41, 5.74) is -0.655. The Morgan fingerprint density at radius 1 is 1.22 bits per heavy atom. The molecule has 0 spiro atoms. The SMILES string of the molecule is CN(C)[C@@H]1CC[C@@]2([C@H](O)CNC(=O)CCC(=O)O)C[C@H](c3ccccc3)C[C@](C)(O2)[C@H]1O. The van der Waals surface area contributed by atoms with Crippen molar-refractivity contribution >= 4 is 11.9 Å². The summed E-state index contributed by atoms with van der Waals surface area (Å²) >= 11 is 0. The summed E-state index contributed by atoms with van der Waals surface area (Å²) in [4.78, 5) is 24.8. The fourth-order valence-corrected chi connectivity index (χ4v) is 5.39. The average Bonchev–Trinajstić information content (AvgIpc) is 2.83. The number of carbonyl (C=O) groups excluding carboxylic acids is 1. The third-order valence-corrected chi connectivity index (χ3v) is 7.13. The van der Waals surface area contributed by atoms with Crippen LogP contribution < -0.4 is 5.32 Å². The fourth-order valence-electron chi connectivity index (χ4n) is 5.39. The Morgan fingerprint density at radius 2 is 1.91 bits per heavy atom. The normalized spacial score (nSPS) is 33.4. The standard InChI is InChI=1S/C24H36N2O6/c1-23-13-17(16-7-5-4-6-8-16)14-24(32-23,12-11-18(22(23)31)26(2)3)19(27)15-25-20(28)9-10-21(29)30/h4-8,17-19,22,27,31H,9-15H2,1-3H3,(H,25,28)(H,29,30)/t17-,18-,19-,22+,23+,24+/m1/s1. The smallest absolute Gasteiger partial charge is 0.303 e. The highest BCUT2D eigenvalue weighted by molar-refractivity contribution is 5.80. The van der Waals surface area contributed by atoms with Crippen molar-refractivity contribution in [2.24, 2.45) is 0 Å². The van der Waals surface area contributed by atoms with Gasteiger partial charge in [-0.15, -0.1) is 0 Å². The van der Waals surface area contributed by atoms with Crippen LogP contribution in [0.1, 0.15) is 56.9 Å². The number of aliphatic hydroxyl groups is 2. The molecule has 1 amide bonds. The first-order chi connectivity index (χ1) is 15.1. The molecule has 2 heterocycles. The van der Waals surface area contributed by atoms with Crippen molar-refractivity contribution in [3.63, 3.8) is 0 Å². The molecule has 2 aliphatic rings. The number of rotatable bonds is 8. The molecular weight excluding hydrogens is 412 g/mol. The van der Waals surface area contributed by atoms with Crippen molar-refractivity contribution in [2.75, 3.05) is 20.6 Å². The average molecular weight is 449 g/mol. The van der Waals surface area contributed by atoms with Crippen molar-refractivity contribution in [2.45, 2.75) is 80.8 Å². The minimum atomic E-state index is -1.04. The Balaban J connectivity index is 1.86. The van der Waals surface area contributed by atoms with Gasteiger partial charge in [0.05, 0.1) is 23.7 Å². The molecule has 178 valence electrons. The first kappa shape index (κ1) is 24.6. The van der Waals surface area contributed by atoms with E-state index in [1.54, 1.807) is 0 Å². The molecule has 0 unspecified atom stereocenters. The number of likely N-dealkylation sites (N-methyl/N-ethyl adjacent to an activating group) is 1. The number of nitrogens with zero attached hydrogens (tertiary/aromatic N) is 1. The summed E-state index contributed by atoms with van der Waals surface area (Å²) in [7, 11) is 3.87. The van der Waals surface area contributed by atoms with E-state index in [4.69, 9.17) is 9.84 Å². The lowest BCUT2D eigenvalue weighted by molar-refractivity contribution is -0.250. The van der Waals surface area contributed by atoms with Crippen LogP contribution in [0, 0.1) is 0 Å². The lowest BCUT2D eigenvalue weighted by Crippen LogP contribution is -2.61. The molecule has 0 aromatic heterocycles. The van der Waals surface area contributed by atoms with Gasteiger partial charge in [0.25, 0.3) is 0 Å². The minimum Gasteiger partial charge on any atom is -0.481 e. The Hall–Kier alpha value is -2.00. The third-order valence-electron chi connectivity index (χ3n) is 7.13. The van der Waals surface area contributed by atoms with E-state index < -0.39 is 35.3 Å². The van der Waals surface area contributed by atoms with Gasteiger partial charge in [0.15, 0.2) is 0 Å². The van der Waals surface area contributed by atoms with Gasteiger partial charge in [-0.3, -0.25) is 9.59 Å². The van der Waals surface area contributed by atoms with Crippen LogP contribution in [-0.4, -0.2) is 82.2 Å². The second kappa shape index (κ2) is 9.87. The highest BCUT2D eigenvalue weighted by atomic mass is 16.6. The Labute approximate surface area is 189 Å². The quantitative estimate of drug-likeness (QED) is 0.476. The number of hydrogen-bond acceptors (Lipinski definition) is 6. The van der Waals surface area contributed by atoms with Gasteiger partial charge < -0.3 is 30.3 Å². The number of carbonyl (C=O) groups is 2. The largest absolute Gasteiger partial charge is 0.481 e. The first-order valence-electron chi connectivity index (χ1n) is 11.3. The third kappa shape index (κ3) is 5.31. The van der Waals surface area contributed by atoms with Gasteiger partial charge >= 0.3 is 5.97 Å². The van der Waals surface area contributed by atoms with Crippen LogP contribution in [-0.2, 0) is 14.3 Å². The molecule has 4 N–H and O–H groups in total. The Kier molecular flexibility index (Phi) is 7.60. The van der Waals surface area contributed by atoms with E-state index >= 15 is 0 Å². The summed E-state index contributed by atoms with van der Waals surface area (Å²) in [6.07, 6.45) is 0.273. The summed E-state index contributed by atoms with van der Waals surface area (Å²) in [5, 5.41) is 34.0. The molecule has 1 aromatic rings. The number of ether oxygens (including phenoxy) is 1. The second-order valence-electron chi connectivity index (χ2n) is 9.72. The maximum Gasteiger partial charge on any atom is 0.303 e. The molecule has 6 atom stereocenters. The minimum absolute atomic E-state index is 0.0290. The molecule has 2 fully saturated rings. The summed E-state index contributed by atoms with van der Waals surface area (Å²) in [6, 6.07) is 9.95. The van der Waals surface area contributed by atoms with Crippen LogP contribution in [0.5, 0.6) is 0 Å². The van der Waals surface area contributed by atoms with Crippen LogP contribution >= 0.6 is 0 Å². The maximum absolute atomic E-state index is 12.0. The van der Waals surface area contributed by atoms with Crippen molar-refractivity contribution in [1.29, 1.82) is 0 Å². The summed E-state index contributed by atoms with van der Waals surface area (Å²) in [6.45, 7) is 1.89. The van der Waals surface area contributed by atoms with Gasteiger partial charge in [-0.1, -0.05) is 30.3 Å². The van der Waals surface area contributed by atoms with Gasteiger partial charge in [-0.2, -0.15) is 0 Å². The van der Waals surface area contributed by atoms with Crippen LogP contribution in [0.25, 0.3) is 0 Å². The van der Waals surface area contributed by atoms with E-state index in [2.05, 4.69) is 17.4 Å². The molecule has 0 saturated carbocycles. The highest BCUT2D eigenvalue weighted by Crippen LogP contribution is 2.51. The molecule has 3 rings (SSSR count). The molecule has 2 bridgehead atoms. The molecule has 32 heavy (non-hydrogen) atoms. The number of nitrogens with one attached hydrogen (secondary N) is 1. The Bertz CT molecular complexity index is 803. The zero-order valence-corrected chi connectivity index (χ0v) is 19.2. The number of hydrogen-bond donors (Lipinski definition) is 4. The predicted molar refractivity (Wildman–Crippen MR) is 119 cm³/mol. The van der Waals surface area contributed by atoms with Crippen LogP contribution in [0.2, 0.25) is 0 Å². The van der Waals surface area contributed by atoms with E-state index in [-0.39, 0.29) is 31.3 Å². The van der Waals surface area contributed by atoms with Gasteiger partial charge in [0.1, 0.15) is 6.10 Å². The van der Waals surface area contributed by atoms with E-state index in [0.717, 1.165) is 5.56 Å². The molecule has 8 nitrogen and oxygen atoms in total.